The molecule has 15 heavy (non-hydrogen) atoms. The van der Waals surface area contributed by atoms with Crippen LogP contribution < -0.4 is 5.32 Å². The fourth-order valence-electron chi connectivity index (χ4n) is 1.83. The van der Waals surface area contributed by atoms with Crippen molar-refractivity contribution < 1.29 is 4.21 Å². The summed E-state index contributed by atoms with van der Waals surface area (Å²) in [5, 5.41) is 4.03. The van der Waals surface area contributed by atoms with Crippen LogP contribution in [0, 0.1) is 5.92 Å². The maximum atomic E-state index is 11.9. The topological polar surface area (TPSA) is 42.0 Å². The lowest BCUT2D eigenvalue weighted by molar-refractivity contribution is 0.405. The van der Waals surface area contributed by atoms with Gasteiger partial charge in [-0.05, 0) is 44.0 Å². The lowest BCUT2D eigenvalue weighted by Crippen LogP contribution is -2.30. The molecule has 1 N–H and O–H groups in total. The molecule has 1 aliphatic heterocycles. The zero-order valence-corrected chi connectivity index (χ0v) is 9.50. The summed E-state index contributed by atoms with van der Waals surface area (Å²) >= 11 is 0. The largest absolute Gasteiger partial charge is 0.317 e. The molecule has 0 aromatic carbocycles. The van der Waals surface area contributed by atoms with Gasteiger partial charge in [0.05, 0.1) is 10.8 Å². The van der Waals surface area contributed by atoms with Gasteiger partial charge in [0.15, 0.2) is 0 Å². The maximum Gasteiger partial charge on any atom is 0.127 e. The van der Waals surface area contributed by atoms with Crippen molar-refractivity contribution in [3.63, 3.8) is 0 Å². The summed E-state index contributed by atoms with van der Waals surface area (Å²) < 4.78 is 11.9. The molecule has 0 aliphatic carbocycles. The van der Waals surface area contributed by atoms with Crippen molar-refractivity contribution in [3.8, 4) is 0 Å². The SMILES string of the molecule is O=S(CC1CCNCC1)c1ccccn1. The molecule has 2 rings (SSSR count). The van der Waals surface area contributed by atoms with E-state index in [-0.39, 0.29) is 0 Å². The lowest BCUT2D eigenvalue weighted by Gasteiger charge is -2.21. The summed E-state index contributed by atoms with van der Waals surface area (Å²) in [7, 11) is -0.920. The third-order valence-corrected chi connectivity index (χ3v) is 4.20. The molecule has 1 fully saturated rings. The van der Waals surface area contributed by atoms with E-state index in [0.717, 1.165) is 36.7 Å². The van der Waals surface area contributed by atoms with E-state index in [4.69, 9.17) is 0 Å². The summed E-state index contributed by atoms with van der Waals surface area (Å²) in [4.78, 5) is 4.13. The summed E-state index contributed by atoms with van der Waals surface area (Å²) in [6.07, 6.45) is 3.98. The van der Waals surface area contributed by atoms with Crippen molar-refractivity contribution in [1.82, 2.24) is 10.3 Å². The molecule has 1 aliphatic rings. The number of pyridine rings is 1. The Bertz CT molecular complexity index is 323. The number of hydrogen-bond acceptors (Lipinski definition) is 3. The van der Waals surface area contributed by atoms with E-state index in [9.17, 15) is 4.21 Å². The second-order valence-electron chi connectivity index (χ2n) is 3.87. The zero-order chi connectivity index (χ0) is 10.5. The Kier molecular flexibility index (Phi) is 3.86. The first-order valence-corrected chi connectivity index (χ1v) is 6.68. The monoisotopic (exact) mass is 224 g/mol. The van der Waals surface area contributed by atoms with E-state index < -0.39 is 10.8 Å². The van der Waals surface area contributed by atoms with Crippen LogP contribution in [0.1, 0.15) is 12.8 Å². The third kappa shape index (κ3) is 3.11. The zero-order valence-electron chi connectivity index (χ0n) is 8.69. The molecule has 0 radical (unpaired) electrons. The molecular formula is C11H16N2OS. The van der Waals surface area contributed by atoms with Crippen LogP contribution in [0.3, 0.4) is 0 Å². The lowest BCUT2D eigenvalue weighted by atomic mass is 10.0. The minimum Gasteiger partial charge on any atom is -0.317 e. The quantitative estimate of drug-likeness (QED) is 0.838. The van der Waals surface area contributed by atoms with Crippen molar-refractivity contribution in [2.75, 3.05) is 18.8 Å². The maximum absolute atomic E-state index is 11.9. The smallest absolute Gasteiger partial charge is 0.127 e. The van der Waals surface area contributed by atoms with Crippen molar-refractivity contribution in [2.45, 2.75) is 17.9 Å². The van der Waals surface area contributed by atoms with Gasteiger partial charge in [-0.25, -0.2) is 4.98 Å². The van der Waals surface area contributed by atoms with Gasteiger partial charge in [0.1, 0.15) is 5.03 Å². The highest BCUT2D eigenvalue weighted by Gasteiger charge is 2.17. The van der Waals surface area contributed by atoms with E-state index >= 15 is 0 Å². The van der Waals surface area contributed by atoms with Crippen LogP contribution in [0.15, 0.2) is 29.4 Å². The van der Waals surface area contributed by atoms with Crippen LogP contribution in [0.25, 0.3) is 0 Å². The molecule has 1 unspecified atom stereocenters. The van der Waals surface area contributed by atoms with Crippen LogP contribution in [-0.2, 0) is 10.8 Å². The van der Waals surface area contributed by atoms with Crippen LogP contribution in [0.2, 0.25) is 0 Å². The van der Waals surface area contributed by atoms with Crippen molar-refractivity contribution in [2.24, 2.45) is 5.92 Å². The third-order valence-electron chi connectivity index (χ3n) is 2.72. The van der Waals surface area contributed by atoms with Crippen LogP contribution >= 0.6 is 0 Å². The summed E-state index contributed by atoms with van der Waals surface area (Å²) in [6, 6.07) is 5.59. The Balaban J connectivity index is 1.91. The number of hydrogen-bond donors (Lipinski definition) is 1. The molecule has 1 saturated heterocycles. The van der Waals surface area contributed by atoms with Crippen LogP contribution in [-0.4, -0.2) is 28.0 Å². The van der Waals surface area contributed by atoms with Gasteiger partial charge in [-0.15, -0.1) is 0 Å². The first-order valence-electron chi connectivity index (χ1n) is 5.36. The summed E-state index contributed by atoms with van der Waals surface area (Å²) in [5.41, 5.74) is 0. The van der Waals surface area contributed by atoms with Gasteiger partial charge in [-0.3, -0.25) is 4.21 Å². The molecule has 3 nitrogen and oxygen atoms in total. The molecule has 1 atom stereocenters. The van der Waals surface area contributed by atoms with Crippen LogP contribution in [0.5, 0.6) is 0 Å². The van der Waals surface area contributed by atoms with Crippen molar-refractivity contribution >= 4 is 10.8 Å². The molecule has 0 bridgehead atoms. The Morgan fingerprint density at radius 2 is 2.20 bits per heavy atom. The molecule has 0 amide bonds. The second kappa shape index (κ2) is 5.37. The van der Waals surface area contributed by atoms with Gasteiger partial charge in [-0.2, -0.15) is 0 Å². The Morgan fingerprint density at radius 3 is 2.87 bits per heavy atom. The minimum atomic E-state index is -0.920. The number of aromatic nitrogens is 1. The highest BCUT2D eigenvalue weighted by atomic mass is 32.2. The highest BCUT2D eigenvalue weighted by molar-refractivity contribution is 7.84. The number of rotatable bonds is 3. The van der Waals surface area contributed by atoms with Gasteiger partial charge in [-0.1, -0.05) is 6.07 Å². The summed E-state index contributed by atoms with van der Waals surface area (Å²) in [5.74, 6) is 1.35. The normalized spacial score (nSPS) is 20.0. The van der Waals surface area contributed by atoms with Crippen molar-refractivity contribution in [3.05, 3.63) is 24.4 Å². The predicted octanol–water partition coefficient (Wildman–Crippen LogP) is 1.19. The van der Waals surface area contributed by atoms with Gasteiger partial charge in [0.2, 0.25) is 0 Å². The molecule has 82 valence electrons. The summed E-state index contributed by atoms with van der Waals surface area (Å²) in [6.45, 7) is 2.12. The Morgan fingerprint density at radius 1 is 1.40 bits per heavy atom. The molecular weight excluding hydrogens is 208 g/mol. The van der Waals surface area contributed by atoms with Gasteiger partial charge < -0.3 is 5.32 Å². The number of nitrogens with zero attached hydrogens (tertiary/aromatic N) is 1. The predicted molar refractivity (Wildman–Crippen MR) is 61.1 cm³/mol. The molecule has 1 aromatic heterocycles. The Hall–Kier alpha value is -0.740. The molecule has 0 saturated carbocycles. The second-order valence-corrected chi connectivity index (χ2v) is 5.32. The number of nitrogens with one attached hydrogen (secondary N) is 1. The first kappa shape index (κ1) is 10.8. The minimum absolute atomic E-state index is 0.592. The average Bonchev–Trinajstić information content (AvgIpc) is 2.31. The molecule has 1 aromatic rings. The number of piperidine rings is 1. The van der Waals surface area contributed by atoms with Crippen molar-refractivity contribution in [1.29, 1.82) is 0 Å². The van der Waals surface area contributed by atoms with E-state index in [2.05, 4.69) is 10.3 Å². The van der Waals surface area contributed by atoms with Crippen LogP contribution in [0.4, 0.5) is 0 Å². The standard InChI is InChI=1S/C11H16N2OS/c14-15(11-3-1-2-6-13-11)9-10-4-7-12-8-5-10/h1-3,6,10,12H,4-5,7-9H2. The van der Waals surface area contributed by atoms with Gasteiger partial charge in [0.25, 0.3) is 0 Å². The van der Waals surface area contributed by atoms with E-state index in [1.165, 1.54) is 0 Å². The fourth-order valence-corrected chi connectivity index (χ4v) is 3.17. The van der Waals surface area contributed by atoms with Gasteiger partial charge in [0, 0.05) is 11.9 Å². The molecule has 2 heterocycles. The molecule has 4 heteroatoms. The fraction of sp³-hybridized carbons (Fsp3) is 0.545. The van der Waals surface area contributed by atoms with E-state index in [1.54, 1.807) is 6.20 Å². The Labute approximate surface area is 92.8 Å². The highest BCUT2D eigenvalue weighted by Crippen LogP contribution is 2.15. The van der Waals surface area contributed by atoms with Gasteiger partial charge >= 0.3 is 0 Å². The first-order chi connectivity index (χ1) is 7.36. The van der Waals surface area contributed by atoms with E-state index in [0.29, 0.717) is 5.92 Å². The van der Waals surface area contributed by atoms with E-state index in [1.807, 2.05) is 18.2 Å². The average molecular weight is 224 g/mol. The molecule has 0 spiro atoms.